The summed E-state index contributed by atoms with van der Waals surface area (Å²) in [7, 11) is 0. The van der Waals surface area contributed by atoms with E-state index in [2.05, 4.69) is 0 Å². The van der Waals surface area contributed by atoms with Gasteiger partial charge in [-0.05, 0) is 29.8 Å². The Morgan fingerprint density at radius 2 is 1.85 bits per heavy atom. The van der Waals surface area contributed by atoms with Crippen LogP contribution in [0.15, 0.2) is 53.4 Å². The van der Waals surface area contributed by atoms with E-state index < -0.39 is 0 Å². The van der Waals surface area contributed by atoms with Crippen LogP contribution >= 0.6 is 23.4 Å². The first-order valence-corrected chi connectivity index (χ1v) is 7.20. The maximum atomic E-state index is 10.9. The largest absolute Gasteiger partial charge is 0.398 e. The molecule has 0 aliphatic heterocycles. The number of nitrogens with two attached hydrogens (primary N) is 1. The Hall–Kier alpha value is -1.72. The fraction of sp³-hybridized carbons (Fsp3) is 0.143. The highest BCUT2D eigenvalue weighted by atomic mass is 35.5. The van der Waals surface area contributed by atoms with E-state index in [9.17, 15) is 10.1 Å². The topological polar surface area (TPSA) is 69.2 Å². The van der Waals surface area contributed by atoms with Crippen molar-refractivity contribution in [2.24, 2.45) is 0 Å². The maximum absolute atomic E-state index is 10.9. The molecule has 0 heterocycles. The predicted octanol–water partition coefficient (Wildman–Crippen LogP) is 4.03. The Balaban J connectivity index is 2.26. The number of anilines is 1. The number of halogens is 1. The lowest BCUT2D eigenvalue weighted by molar-refractivity contribution is -0.479. The van der Waals surface area contributed by atoms with Gasteiger partial charge < -0.3 is 5.73 Å². The summed E-state index contributed by atoms with van der Waals surface area (Å²) >= 11 is 7.24. The Morgan fingerprint density at radius 3 is 2.45 bits per heavy atom. The van der Waals surface area contributed by atoms with Gasteiger partial charge in [-0.15, -0.1) is 11.8 Å². The molecule has 104 valence electrons. The molecule has 0 saturated heterocycles. The first kappa shape index (κ1) is 14.7. The summed E-state index contributed by atoms with van der Waals surface area (Å²) in [6.45, 7) is -0.166. The zero-order chi connectivity index (χ0) is 14.5. The number of rotatable bonds is 5. The summed E-state index contributed by atoms with van der Waals surface area (Å²) < 4.78 is 0. The van der Waals surface area contributed by atoms with Crippen molar-refractivity contribution in [1.29, 1.82) is 0 Å². The van der Waals surface area contributed by atoms with Crippen LogP contribution < -0.4 is 5.73 Å². The van der Waals surface area contributed by atoms with Crippen molar-refractivity contribution in [1.82, 2.24) is 0 Å². The summed E-state index contributed by atoms with van der Waals surface area (Å²) in [5, 5.41) is 11.2. The van der Waals surface area contributed by atoms with E-state index in [0.29, 0.717) is 10.7 Å². The molecule has 2 aromatic rings. The minimum Gasteiger partial charge on any atom is -0.398 e. The summed E-state index contributed by atoms with van der Waals surface area (Å²) in [6, 6.07) is 14.4. The summed E-state index contributed by atoms with van der Waals surface area (Å²) in [5.74, 6) is 0. The molecule has 20 heavy (non-hydrogen) atoms. The van der Waals surface area contributed by atoms with Gasteiger partial charge in [0, 0.05) is 20.5 Å². The number of thioether (sulfide) groups is 1. The summed E-state index contributed by atoms with van der Waals surface area (Å²) in [4.78, 5) is 11.4. The lowest BCUT2D eigenvalue weighted by Gasteiger charge is -2.14. The van der Waals surface area contributed by atoms with E-state index >= 15 is 0 Å². The van der Waals surface area contributed by atoms with E-state index in [-0.39, 0.29) is 16.7 Å². The lowest BCUT2D eigenvalue weighted by Crippen LogP contribution is -2.10. The highest BCUT2D eigenvalue weighted by Gasteiger charge is 2.20. The molecule has 0 fully saturated rings. The standard InChI is InChI=1S/C14H13ClN2O2S/c15-11-7-5-10(6-8-11)14(9-17(18)19)20-13-4-2-1-3-12(13)16/h1-8,14H,9,16H2/t14-/m0/s1. The molecule has 0 aliphatic carbocycles. The van der Waals surface area contributed by atoms with Crippen LogP contribution in [0.1, 0.15) is 10.8 Å². The molecule has 4 nitrogen and oxygen atoms in total. The molecule has 0 spiro atoms. The zero-order valence-electron chi connectivity index (χ0n) is 10.5. The average molecular weight is 309 g/mol. The fourth-order valence-electron chi connectivity index (χ4n) is 1.76. The van der Waals surface area contributed by atoms with Gasteiger partial charge in [-0.3, -0.25) is 10.1 Å². The molecule has 0 aliphatic rings. The van der Waals surface area contributed by atoms with Crippen molar-refractivity contribution in [3.63, 3.8) is 0 Å². The minimum atomic E-state index is -0.314. The minimum absolute atomic E-state index is 0.166. The van der Waals surface area contributed by atoms with Gasteiger partial charge in [-0.1, -0.05) is 35.9 Å². The molecular weight excluding hydrogens is 296 g/mol. The molecular formula is C14H13ClN2O2S. The van der Waals surface area contributed by atoms with E-state index in [4.69, 9.17) is 17.3 Å². The fourth-order valence-corrected chi connectivity index (χ4v) is 3.05. The summed E-state index contributed by atoms with van der Waals surface area (Å²) in [6.07, 6.45) is 0. The smallest absolute Gasteiger partial charge is 0.220 e. The van der Waals surface area contributed by atoms with Gasteiger partial charge in [-0.25, -0.2) is 0 Å². The monoisotopic (exact) mass is 308 g/mol. The third kappa shape index (κ3) is 3.88. The zero-order valence-corrected chi connectivity index (χ0v) is 12.1. The number of hydrogen-bond acceptors (Lipinski definition) is 4. The number of nitrogens with zero attached hydrogens (tertiary/aromatic N) is 1. The Labute approximate surface area is 126 Å². The normalized spacial score (nSPS) is 12.1. The third-order valence-corrected chi connectivity index (χ3v) is 4.33. The molecule has 2 aromatic carbocycles. The van der Waals surface area contributed by atoms with Crippen molar-refractivity contribution >= 4 is 29.1 Å². The Morgan fingerprint density at radius 1 is 1.20 bits per heavy atom. The molecule has 2 rings (SSSR count). The van der Waals surface area contributed by atoms with E-state index in [1.54, 1.807) is 18.2 Å². The van der Waals surface area contributed by atoms with Crippen LogP contribution in [0.4, 0.5) is 5.69 Å². The van der Waals surface area contributed by atoms with E-state index in [0.717, 1.165) is 10.5 Å². The van der Waals surface area contributed by atoms with E-state index in [1.165, 1.54) is 11.8 Å². The molecule has 0 radical (unpaired) electrons. The van der Waals surface area contributed by atoms with Crippen molar-refractivity contribution in [3.05, 3.63) is 69.2 Å². The molecule has 1 atom stereocenters. The number of benzene rings is 2. The van der Waals surface area contributed by atoms with Crippen LogP contribution in [0.2, 0.25) is 5.02 Å². The van der Waals surface area contributed by atoms with Crippen LogP contribution in [-0.4, -0.2) is 11.5 Å². The van der Waals surface area contributed by atoms with Crippen LogP contribution in [0, 0.1) is 10.1 Å². The quantitative estimate of drug-likeness (QED) is 0.392. The molecule has 0 unspecified atom stereocenters. The molecule has 0 bridgehead atoms. The van der Waals surface area contributed by atoms with Gasteiger partial charge in [0.05, 0.1) is 5.25 Å². The van der Waals surface area contributed by atoms with E-state index in [1.807, 2.05) is 30.3 Å². The van der Waals surface area contributed by atoms with Crippen molar-refractivity contribution in [2.75, 3.05) is 12.3 Å². The first-order valence-electron chi connectivity index (χ1n) is 5.94. The van der Waals surface area contributed by atoms with Crippen LogP contribution in [0.5, 0.6) is 0 Å². The Bertz CT molecular complexity index is 604. The van der Waals surface area contributed by atoms with Crippen molar-refractivity contribution in [3.8, 4) is 0 Å². The third-order valence-electron chi connectivity index (χ3n) is 2.74. The second-order valence-corrected chi connectivity index (χ2v) is 5.89. The second kappa shape index (κ2) is 6.63. The second-order valence-electron chi connectivity index (χ2n) is 4.21. The SMILES string of the molecule is Nc1ccccc1S[C@@H](C[N+](=O)[O-])c1ccc(Cl)cc1. The number of hydrogen-bond donors (Lipinski definition) is 1. The van der Waals surface area contributed by atoms with Gasteiger partial charge in [0.15, 0.2) is 0 Å². The van der Waals surface area contributed by atoms with Gasteiger partial charge >= 0.3 is 0 Å². The van der Waals surface area contributed by atoms with Gasteiger partial charge in [-0.2, -0.15) is 0 Å². The first-order chi connectivity index (χ1) is 9.56. The molecule has 6 heteroatoms. The number of para-hydroxylation sites is 1. The number of nitro groups is 1. The van der Waals surface area contributed by atoms with Gasteiger partial charge in [0.1, 0.15) is 0 Å². The molecule has 2 N–H and O–H groups in total. The van der Waals surface area contributed by atoms with Crippen LogP contribution in [0.25, 0.3) is 0 Å². The molecule has 0 saturated carbocycles. The van der Waals surface area contributed by atoms with Crippen LogP contribution in [-0.2, 0) is 0 Å². The Kier molecular flexibility index (Phi) is 4.87. The number of nitrogen functional groups attached to an aromatic ring is 1. The van der Waals surface area contributed by atoms with Crippen molar-refractivity contribution < 1.29 is 4.92 Å². The van der Waals surface area contributed by atoms with Crippen molar-refractivity contribution in [2.45, 2.75) is 10.1 Å². The highest BCUT2D eigenvalue weighted by molar-refractivity contribution is 7.99. The highest BCUT2D eigenvalue weighted by Crippen LogP contribution is 2.38. The van der Waals surface area contributed by atoms with Gasteiger partial charge in [0.25, 0.3) is 0 Å². The summed E-state index contributed by atoms with van der Waals surface area (Å²) in [5.41, 5.74) is 7.38. The molecule has 0 aromatic heterocycles. The average Bonchev–Trinajstić information content (AvgIpc) is 2.41. The molecule has 0 amide bonds. The maximum Gasteiger partial charge on any atom is 0.220 e. The van der Waals surface area contributed by atoms with Gasteiger partial charge in [0.2, 0.25) is 6.54 Å². The lowest BCUT2D eigenvalue weighted by atomic mass is 10.1. The predicted molar refractivity (Wildman–Crippen MR) is 82.8 cm³/mol. The van der Waals surface area contributed by atoms with Crippen LogP contribution in [0.3, 0.4) is 0 Å².